The lowest BCUT2D eigenvalue weighted by atomic mass is 10.6. The highest BCUT2D eigenvalue weighted by Gasteiger charge is 2.21. The van der Waals surface area contributed by atoms with Gasteiger partial charge in [-0.3, -0.25) is 0 Å². The Bertz CT molecular complexity index is 141. The molecule has 1 fully saturated rings. The van der Waals surface area contributed by atoms with E-state index in [1.54, 1.807) is 6.08 Å². The average Bonchev–Trinajstić information content (AvgIpc) is 2.67. The van der Waals surface area contributed by atoms with Crippen LogP contribution in [0.15, 0.2) is 12.7 Å². The molecule has 0 radical (unpaired) electrons. The molecule has 1 saturated carbocycles. The van der Waals surface area contributed by atoms with E-state index in [2.05, 4.69) is 17.2 Å². The van der Waals surface area contributed by atoms with Crippen LogP contribution in [-0.2, 0) is 0 Å². The Morgan fingerprint density at radius 3 is 2.90 bits per heavy atom. The fraction of sp³-hybridized carbons (Fsp3) is 0.571. The first-order chi connectivity index (χ1) is 4.83. The van der Waals surface area contributed by atoms with E-state index in [1.807, 2.05) is 0 Å². The molecule has 0 heterocycles. The van der Waals surface area contributed by atoms with Crippen LogP contribution in [0.5, 0.6) is 0 Å². The maximum Gasteiger partial charge on any atom is 0.166 e. The van der Waals surface area contributed by atoms with E-state index >= 15 is 0 Å². The molecule has 1 aliphatic carbocycles. The van der Waals surface area contributed by atoms with Gasteiger partial charge >= 0.3 is 0 Å². The van der Waals surface area contributed by atoms with Crippen molar-refractivity contribution in [3.05, 3.63) is 12.7 Å². The molecule has 3 heteroatoms. The van der Waals surface area contributed by atoms with Crippen LogP contribution in [-0.4, -0.2) is 17.7 Å². The fourth-order valence-electron chi connectivity index (χ4n) is 0.629. The number of rotatable bonds is 3. The summed E-state index contributed by atoms with van der Waals surface area (Å²) < 4.78 is 0. The molecule has 0 atom stereocenters. The minimum Gasteiger partial charge on any atom is -0.360 e. The number of hydrogen-bond acceptors (Lipinski definition) is 1. The van der Waals surface area contributed by atoms with Gasteiger partial charge < -0.3 is 10.6 Å². The monoisotopic (exact) mass is 156 g/mol. The molecular weight excluding hydrogens is 144 g/mol. The van der Waals surface area contributed by atoms with E-state index < -0.39 is 0 Å². The minimum absolute atomic E-state index is 0.643. The average molecular weight is 156 g/mol. The molecule has 0 spiro atoms. The van der Waals surface area contributed by atoms with Crippen molar-refractivity contribution in [2.75, 3.05) is 6.54 Å². The molecule has 2 nitrogen and oxygen atoms in total. The number of thiocarbonyl (C=S) groups is 1. The van der Waals surface area contributed by atoms with Gasteiger partial charge in [0, 0.05) is 12.6 Å². The molecule has 0 amide bonds. The van der Waals surface area contributed by atoms with Crippen molar-refractivity contribution in [3.8, 4) is 0 Å². The SMILES string of the molecule is C=CCNC(=S)NC1CC1. The third-order valence-corrected chi connectivity index (χ3v) is 1.58. The lowest BCUT2D eigenvalue weighted by Crippen LogP contribution is -2.36. The molecule has 2 N–H and O–H groups in total. The topological polar surface area (TPSA) is 24.1 Å². The van der Waals surface area contributed by atoms with Crippen molar-refractivity contribution in [2.45, 2.75) is 18.9 Å². The molecule has 10 heavy (non-hydrogen) atoms. The highest BCUT2D eigenvalue weighted by Crippen LogP contribution is 2.18. The van der Waals surface area contributed by atoms with Gasteiger partial charge in [-0.1, -0.05) is 6.08 Å². The van der Waals surface area contributed by atoms with Crippen molar-refractivity contribution >= 4 is 17.3 Å². The van der Waals surface area contributed by atoms with E-state index in [0.29, 0.717) is 6.04 Å². The van der Waals surface area contributed by atoms with E-state index in [-0.39, 0.29) is 0 Å². The van der Waals surface area contributed by atoms with Crippen LogP contribution in [0.3, 0.4) is 0 Å². The predicted molar refractivity (Wildman–Crippen MR) is 47.0 cm³/mol. The first-order valence-corrected chi connectivity index (χ1v) is 3.89. The summed E-state index contributed by atoms with van der Waals surface area (Å²) in [4.78, 5) is 0. The summed E-state index contributed by atoms with van der Waals surface area (Å²) in [5, 5.41) is 6.92. The van der Waals surface area contributed by atoms with Gasteiger partial charge in [-0.25, -0.2) is 0 Å². The van der Waals surface area contributed by atoms with Crippen molar-refractivity contribution in [1.29, 1.82) is 0 Å². The molecule has 0 aliphatic heterocycles. The molecule has 56 valence electrons. The Labute approximate surface area is 66.7 Å². The zero-order valence-corrected chi connectivity index (χ0v) is 6.71. The molecule has 0 saturated heterocycles. The highest BCUT2D eigenvalue weighted by molar-refractivity contribution is 7.80. The lowest BCUT2D eigenvalue weighted by Gasteiger charge is -2.05. The van der Waals surface area contributed by atoms with Gasteiger partial charge in [0.2, 0.25) is 0 Å². The molecule has 0 aromatic rings. The lowest BCUT2D eigenvalue weighted by molar-refractivity contribution is 0.867. The van der Waals surface area contributed by atoms with E-state index in [9.17, 15) is 0 Å². The van der Waals surface area contributed by atoms with Crippen LogP contribution in [0.1, 0.15) is 12.8 Å². The largest absolute Gasteiger partial charge is 0.360 e. The van der Waals surface area contributed by atoms with Gasteiger partial charge in [-0.05, 0) is 25.1 Å². The summed E-state index contributed by atoms with van der Waals surface area (Å²) >= 11 is 4.97. The Morgan fingerprint density at radius 1 is 1.70 bits per heavy atom. The molecule has 0 aromatic heterocycles. The Balaban J connectivity index is 2.02. The van der Waals surface area contributed by atoms with Crippen molar-refractivity contribution < 1.29 is 0 Å². The fourth-order valence-corrected chi connectivity index (χ4v) is 0.879. The summed E-state index contributed by atoms with van der Waals surface area (Å²) in [5.41, 5.74) is 0. The quantitative estimate of drug-likeness (QED) is 0.467. The maximum atomic E-state index is 4.97. The van der Waals surface area contributed by atoms with Crippen LogP contribution in [0.2, 0.25) is 0 Å². The second-order valence-corrected chi connectivity index (χ2v) is 2.83. The Morgan fingerprint density at radius 2 is 2.40 bits per heavy atom. The number of hydrogen-bond donors (Lipinski definition) is 2. The maximum absolute atomic E-state index is 4.97. The van der Waals surface area contributed by atoms with Gasteiger partial charge in [-0.2, -0.15) is 0 Å². The molecule has 0 unspecified atom stereocenters. The summed E-state index contributed by atoms with van der Waals surface area (Å²) in [6, 6.07) is 0.643. The molecule has 1 rings (SSSR count). The zero-order chi connectivity index (χ0) is 7.40. The summed E-state index contributed by atoms with van der Waals surface area (Å²) in [6.45, 7) is 4.33. The van der Waals surface area contributed by atoms with Gasteiger partial charge in [0.15, 0.2) is 5.11 Å². The first kappa shape index (κ1) is 7.54. The summed E-state index contributed by atoms with van der Waals surface area (Å²) in [7, 11) is 0. The second kappa shape index (κ2) is 3.56. The van der Waals surface area contributed by atoms with Crippen LogP contribution in [0.25, 0.3) is 0 Å². The first-order valence-electron chi connectivity index (χ1n) is 3.48. The zero-order valence-electron chi connectivity index (χ0n) is 5.89. The summed E-state index contributed by atoms with van der Waals surface area (Å²) in [5.74, 6) is 0. The van der Waals surface area contributed by atoms with Gasteiger partial charge in [0.25, 0.3) is 0 Å². The van der Waals surface area contributed by atoms with Crippen molar-refractivity contribution in [3.63, 3.8) is 0 Å². The number of nitrogens with one attached hydrogen (secondary N) is 2. The third-order valence-electron chi connectivity index (χ3n) is 1.32. The van der Waals surface area contributed by atoms with E-state index in [4.69, 9.17) is 12.2 Å². The molecule has 0 aromatic carbocycles. The standard InChI is InChI=1S/C7H12N2S/c1-2-5-8-7(10)9-6-3-4-6/h2,6H,1,3-5H2,(H2,8,9,10). The van der Waals surface area contributed by atoms with Gasteiger partial charge in [-0.15, -0.1) is 6.58 Å². The van der Waals surface area contributed by atoms with Crippen LogP contribution in [0.4, 0.5) is 0 Å². The van der Waals surface area contributed by atoms with Gasteiger partial charge in [0.05, 0.1) is 0 Å². The van der Waals surface area contributed by atoms with Gasteiger partial charge in [0.1, 0.15) is 0 Å². The highest BCUT2D eigenvalue weighted by atomic mass is 32.1. The van der Waals surface area contributed by atoms with E-state index in [1.165, 1.54) is 12.8 Å². The Kier molecular flexibility index (Phi) is 2.68. The van der Waals surface area contributed by atoms with Crippen LogP contribution >= 0.6 is 12.2 Å². The molecule has 1 aliphatic rings. The van der Waals surface area contributed by atoms with E-state index in [0.717, 1.165) is 11.7 Å². The minimum atomic E-state index is 0.643. The van der Waals surface area contributed by atoms with Crippen molar-refractivity contribution in [1.82, 2.24) is 10.6 Å². The predicted octanol–water partition coefficient (Wildman–Crippen LogP) is 0.799. The van der Waals surface area contributed by atoms with Crippen molar-refractivity contribution in [2.24, 2.45) is 0 Å². The normalized spacial score (nSPS) is 16.0. The third kappa shape index (κ3) is 2.82. The molecule has 0 bridgehead atoms. The Hall–Kier alpha value is -0.570. The molecular formula is C7H12N2S. The van der Waals surface area contributed by atoms with Crippen LogP contribution in [0, 0.1) is 0 Å². The van der Waals surface area contributed by atoms with Crippen LogP contribution < -0.4 is 10.6 Å². The smallest absolute Gasteiger partial charge is 0.166 e. The second-order valence-electron chi connectivity index (χ2n) is 2.42. The summed E-state index contributed by atoms with van der Waals surface area (Å²) in [6.07, 6.45) is 4.31.